The van der Waals surface area contributed by atoms with Crippen molar-refractivity contribution < 1.29 is 18.8 Å². The van der Waals surface area contributed by atoms with Gasteiger partial charge >= 0.3 is 5.97 Å². The Labute approximate surface area is 136 Å². The van der Waals surface area contributed by atoms with Crippen molar-refractivity contribution in [3.05, 3.63) is 45.3 Å². The minimum Gasteiger partial charge on any atom is -0.452 e. The number of esters is 1. The summed E-state index contributed by atoms with van der Waals surface area (Å²) in [6.07, 6.45) is 0. The maximum atomic E-state index is 11.9. The Morgan fingerprint density at radius 2 is 2.05 bits per heavy atom. The smallest absolute Gasteiger partial charge is 0.344 e. The summed E-state index contributed by atoms with van der Waals surface area (Å²) in [6, 6.07) is 4.63. The van der Waals surface area contributed by atoms with Crippen LogP contribution in [-0.4, -0.2) is 23.6 Å². The van der Waals surface area contributed by atoms with Crippen LogP contribution >= 0.6 is 23.2 Å². The Kier molecular flexibility index (Phi) is 5.05. The molecule has 8 heteroatoms. The molecule has 1 heterocycles. The lowest BCUT2D eigenvalue weighted by molar-refractivity contribution is -0.119. The van der Waals surface area contributed by atoms with Gasteiger partial charge in [0.2, 0.25) is 0 Å². The molecule has 2 aromatic rings. The van der Waals surface area contributed by atoms with E-state index in [1.165, 1.54) is 6.07 Å². The monoisotopic (exact) mass is 342 g/mol. The predicted molar refractivity (Wildman–Crippen MR) is 81.4 cm³/mol. The number of benzene rings is 1. The highest BCUT2D eigenvalue weighted by Crippen LogP contribution is 2.25. The van der Waals surface area contributed by atoms with Gasteiger partial charge in [-0.1, -0.05) is 28.4 Å². The number of rotatable bonds is 4. The summed E-state index contributed by atoms with van der Waals surface area (Å²) < 4.78 is 9.79. The molecule has 0 unspecified atom stereocenters. The van der Waals surface area contributed by atoms with Crippen molar-refractivity contribution in [1.82, 2.24) is 5.16 Å². The first-order valence-electron chi connectivity index (χ1n) is 6.23. The van der Waals surface area contributed by atoms with Crippen molar-refractivity contribution in [3.8, 4) is 0 Å². The average molecular weight is 343 g/mol. The minimum absolute atomic E-state index is 0.220. The molecule has 0 radical (unpaired) electrons. The van der Waals surface area contributed by atoms with Crippen LogP contribution in [-0.2, 0) is 9.53 Å². The van der Waals surface area contributed by atoms with Crippen LogP contribution in [0.1, 0.15) is 21.8 Å². The third-order valence-corrected chi connectivity index (χ3v) is 3.32. The number of anilines is 1. The second-order valence-corrected chi connectivity index (χ2v) is 5.29. The molecule has 0 saturated heterocycles. The standard InChI is InChI=1S/C14H12Cl2N2O4/c1-7-13(8(2)22-18-7)14(20)21-6-12(19)17-11-4-3-9(15)5-10(11)16/h3-5H,6H2,1-2H3,(H,17,19). The van der Waals surface area contributed by atoms with Crippen molar-refractivity contribution in [2.24, 2.45) is 0 Å². The number of hydrogen-bond donors (Lipinski definition) is 1. The Morgan fingerprint density at radius 1 is 1.32 bits per heavy atom. The Balaban J connectivity index is 1.94. The van der Waals surface area contributed by atoms with Gasteiger partial charge in [-0.05, 0) is 32.0 Å². The fourth-order valence-corrected chi connectivity index (χ4v) is 2.21. The van der Waals surface area contributed by atoms with Crippen LogP contribution in [0.3, 0.4) is 0 Å². The van der Waals surface area contributed by atoms with E-state index in [2.05, 4.69) is 10.5 Å². The molecule has 22 heavy (non-hydrogen) atoms. The van der Waals surface area contributed by atoms with Gasteiger partial charge in [0, 0.05) is 5.02 Å². The molecule has 1 N–H and O–H groups in total. The third-order valence-electron chi connectivity index (χ3n) is 2.78. The van der Waals surface area contributed by atoms with Gasteiger partial charge in [-0.25, -0.2) is 4.79 Å². The molecule has 0 atom stereocenters. The summed E-state index contributed by atoms with van der Waals surface area (Å²) in [5.74, 6) is -0.860. The highest BCUT2D eigenvalue weighted by atomic mass is 35.5. The Hall–Kier alpha value is -2.05. The highest BCUT2D eigenvalue weighted by Gasteiger charge is 2.20. The molecule has 2 rings (SSSR count). The highest BCUT2D eigenvalue weighted by molar-refractivity contribution is 6.36. The average Bonchev–Trinajstić information content (AvgIpc) is 2.79. The maximum Gasteiger partial charge on any atom is 0.344 e. The van der Waals surface area contributed by atoms with Gasteiger partial charge in [-0.15, -0.1) is 0 Å². The van der Waals surface area contributed by atoms with Crippen LogP contribution in [0.4, 0.5) is 5.69 Å². The molecule has 0 aliphatic carbocycles. The number of ether oxygens (including phenoxy) is 1. The molecule has 0 spiro atoms. The Bertz CT molecular complexity index is 708. The van der Waals surface area contributed by atoms with Crippen LogP contribution < -0.4 is 5.32 Å². The van der Waals surface area contributed by atoms with Crippen LogP contribution in [0, 0.1) is 13.8 Å². The van der Waals surface area contributed by atoms with E-state index >= 15 is 0 Å². The lowest BCUT2D eigenvalue weighted by atomic mass is 10.2. The van der Waals surface area contributed by atoms with E-state index in [9.17, 15) is 9.59 Å². The van der Waals surface area contributed by atoms with Crippen molar-refractivity contribution in [3.63, 3.8) is 0 Å². The number of carbonyl (C=O) groups excluding carboxylic acids is 2. The van der Waals surface area contributed by atoms with Gasteiger partial charge < -0.3 is 14.6 Å². The van der Waals surface area contributed by atoms with E-state index in [1.54, 1.807) is 26.0 Å². The fraction of sp³-hybridized carbons (Fsp3) is 0.214. The number of amides is 1. The van der Waals surface area contributed by atoms with Gasteiger partial charge in [0.05, 0.1) is 16.4 Å². The van der Waals surface area contributed by atoms with Crippen LogP contribution in [0.25, 0.3) is 0 Å². The van der Waals surface area contributed by atoms with Crippen molar-refractivity contribution in [1.29, 1.82) is 0 Å². The normalized spacial score (nSPS) is 10.4. The quantitative estimate of drug-likeness (QED) is 0.861. The molecule has 1 aromatic heterocycles. The van der Waals surface area contributed by atoms with Crippen LogP contribution in [0.5, 0.6) is 0 Å². The SMILES string of the molecule is Cc1noc(C)c1C(=O)OCC(=O)Nc1ccc(Cl)cc1Cl. The molecule has 6 nitrogen and oxygen atoms in total. The van der Waals surface area contributed by atoms with E-state index in [0.717, 1.165) is 0 Å². The molecular formula is C14H12Cl2N2O4. The van der Waals surface area contributed by atoms with Gasteiger partial charge in [0.1, 0.15) is 11.3 Å². The number of nitrogens with one attached hydrogen (secondary N) is 1. The molecule has 0 fully saturated rings. The van der Waals surface area contributed by atoms with E-state index in [-0.39, 0.29) is 10.6 Å². The molecule has 0 bridgehead atoms. The van der Waals surface area contributed by atoms with Crippen molar-refractivity contribution >= 4 is 40.8 Å². The first-order chi connectivity index (χ1) is 10.4. The van der Waals surface area contributed by atoms with Crippen molar-refractivity contribution in [2.75, 3.05) is 11.9 Å². The Morgan fingerprint density at radius 3 is 2.64 bits per heavy atom. The zero-order valence-corrected chi connectivity index (χ0v) is 13.3. The third kappa shape index (κ3) is 3.78. The summed E-state index contributed by atoms with van der Waals surface area (Å²) in [5, 5.41) is 6.91. The van der Waals surface area contributed by atoms with E-state index in [0.29, 0.717) is 22.2 Å². The molecule has 0 aliphatic heterocycles. The zero-order chi connectivity index (χ0) is 16.3. The number of carbonyl (C=O) groups is 2. The first-order valence-corrected chi connectivity index (χ1v) is 6.99. The summed E-state index contributed by atoms with van der Waals surface area (Å²) in [7, 11) is 0. The van der Waals surface area contributed by atoms with Gasteiger partial charge in [0.15, 0.2) is 6.61 Å². The van der Waals surface area contributed by atoms with E-state index < -0.39 is 18.5 Å². The van der Waals surface area contributed by atoms with Crippen LogP contribution in [0.2, 0.25) is 10.0 Å². The topological polar surface area (TPSA) is 81.4 Å². The number of nitrogens with zero attached hydrogens (tertiary/aromatic N) is 1. The van der Waals surface area contributed by atoms with Gasteiger partial charge in [-0.3, -0.25) is 4.79 Å². The number of halogens is 2. The summed E-state index contributed by atoms with van der Waals surface area (Å²) >= 11 is 11.7. The van der Waals surface area contributed by atoms with Gasteiger partial charge in [-0.2, -0.15) is 0 Å². The predicted octanol–water partition coefficient (Wildman–Crippen LogP) is 3.39. The van der Waals surface area contributed by atoms with Crippen LogP contribution in [0.15, 0.2) is 22.7 Å². The fourth-order valence-electron chi connectivity index (χ4n) is 1.75. The van der Waals surface area contributed by atoms with E-state index in [4.69, 9.17) is 32.5 Å². The maximum absolute atomic E-state index is 11.9. The van der Waals surface area contributed by atoms with Gasteiger partial charge in [0.25, 0.3) is 5.91 Å². The summed E-state index contributed by atoms with van der Waals surface area (Å²) in [5.41, 5.74) is 1.01. The van der Waals surface area contributed by atoms with Crippen molar-refractivity contribution in [2.45, 2.75) is 13.8 Å². The molecule has 0 aliphatic rings. The molecule has 1 amide bonds. The number of hydrogen-bond acceptors (Lipinski definition) is 5. The molecule has 116 valence electrons. The lowest BCUT2D eigenvalue weighted by Gasteiger charge is -2.08. The number of aryl methyl sites for hydroxylation is 2. The summed E-state index contributed by atoms with van der Waals surface area (Å²) in [4.78, 5) is 23.6. The number of aromatic nitrogens is 1. The minimum atomic E-state index is -0.673. The zero-order valence-electron chi connectivity index (χ0n) is 11.8. The molecular weight excluding hydrogens is 331 g/mol. The second-order valence-electron chi connectivity index (χ2n) is 4.45. The molecule has 1 aromatic carbocycles. The van der Waals surface area contributed by atoms with E-state index in [1.807, 2.05) is 0 Å². The summed E-state index contributed by atoms with van der Waals surface area (Å²) in [6.45, 7) is 2.74. The first kappa shape index (κ1) is 16.3. The molecule has 0 saturated carbocycles. The lowest BCUT2D eigenvalue weighted by Crippen LogP contribution is -2.21. The second kappa shape index (κ2) is 6.81. The largest absolute Gasteiger partial charge is 0.452 e.